The summed E-state index contributed by atoms with van der Waals surface area (Å²) < 4.78 is 5.72. The van der Waals surface area contributed by atoms with Crippen LogP contribution in [0.3, 0.4) is 0 Å². The minimum Gasteiger partial charge on any atom is -0.378 e. The molecular formula is C13H25NO. The molecule has 0 aromatic carbocycles. The van der Waals surface area contributed by atoms with Crippen molar-refractivity contribution in [2.75, 3.05) is 13.2 Å². The van der Waals surface area contributed by atoms with Gasteiger partial charge in [0.2, 0.25) is 0 Å². The monoisotopic (exact) mass is 211 g/mol. The summed E-state index contributed by atoms with van der Waals surface area (Å²) in [6, 6.07) is 0.674. The molecule has 15 heavy (non-hydrogen) atoms. The highest BCUT2D eigenvalue weighted by atomic mass is 16.5. The maximum atomic E-state index is 5.72. The maximum absolute atomic E-state index is 5.72. The van der Waals surface area contributed by atoms with Crippen molar-refractivity contribution in [3.8, 4) is 0 Å². The predicted molar refractivity (Wildman–Crippen MR) is 62.9 cm³/mol. The van der Waals surface area contributed by atoms with Crippen LogP contribution >= 0.6 is 0 Å². The molecular weight excluding hydrogens is 186 g/mol. The van der Waals surface area contributed by atoms with Crippen LogP contribution in [0.5, 0.6) is 0 Å². The Bertz CT molecular complexity index is 211. The molecule has 2 aliphatic carbocycles. The summed E-state index contributed by atoms with van der Waals surface area (Å²) in [7, 11) is 0. The van der Waals surface area contributed by atoms with Gasteiger partial charge < -0.3 is 10.1 Å². The third-order valence-electron chi connectivity index (χ3n) is 4.19. The molecule has 0 amide bonds. The van der Waals surface area contributed by atoms with Crippen molar-refractivity contribution in [1.82, 2.24) is 5.32 Å². The molecule has 1 N–H and O–H groups in total. The van der Waals surface area contributed by atoms with Crippen molar-refractivity contribution in [1.29, 1.82) is 0 Å². The summed E-state index contributed by atoms with van der Waals surface area (Å²) in [5, 5.41) is 3.69. The lowest BCUT2D eigenvalue weighted by molar-refractivity contribution is -0.114. The summed E-state index contributed by atoms with van der Waals surface area (Å²) in [6.45, 7) is 8.79. The van der Waals surface area contributed by atoms with E-state index in [2.05, 4.69) is 26.1 Å². The molecule has 0 aliphatic heterocycles. The molecule has 2 nitrogen and oxygen atoms in total. The Hall–Kier alpha value is -0.0800. The molecule has 0 bridgehead atoms. The van der Waals surface area contributed by atoms with Gasteiger partial charge in [0.25, 0.3) is 0 Å². The fourth-order valence-corrected chi connectivity index (χ4v) is 2.58. The van der Waals surface area contributed by atoms with E-state index in [0.717, 1.165) is 12.5 Å². The van der Waals surface area contributed by atoms with Crippen LogP contribution in [-0.4, -0.2) is 25.3 Å². The van der Waals surface area contributed by atoms with E-state index in [9.17, 15) is 0 Å². The molecule has 0 heterocycles. The highest BCUT2D eigenvalue weighted by Crippen LogP contribution is 2.42. The first kappa shape index (κ1) is 11.4. The third kappa shape index (κ3) is 2.54. The Morgan fingerprint density at radius 3 is 2.60 bits per heavy atom. The lowest BCUT2D eigenvalue weighted by Crippen LogP contribution is -2.61. The molecule has 2 aliphatic rings. The lowest BCUT2D eigenvalue weighted by atomic mass is 9.64. The van der Waals surface area contributed by atoms with E-state index in [-0.39, 0.29) is 0 Å². The van der Waals surface area contributed by atoms with E-state index in [4.69, 9.17) is 4.74 Å². The predicted octanol–water partition coefficient (Wildman–Crippen LogP) is 2.58. The Kier molecular flexibility index (Phi) is 3.36. The van der Waals surface area contributed by atoms with Crippen molar-refractivity contribution in [3.05, 3.63) is 0 Å². The van der Waals surface area contributed by atoms with E-state index in [1.165, 1.54) is 32.2 Å². The Morgan fingerprint density at radius 2 is 2.07 bits per heavy atom. The molecule has 0 aromatic rings. The normalized spacial score (nSPS) is 33.8. The molecule has 0 radical (unpaired) electrons. The molecule has 2 rings (SSSR count). The van der Waals surface area contributed by atoms with Crippen LogP contribution in [0, 0.1) is 11.3 Å². The molecule has 2 fully saturated rings. The average molecular weight is 211 g/mol. The maximum Gasteiger partial charge on any atom is 0.0655 e. The van der Waals surface area contributed by atoms with Crippen LogP contribution in [0.15, 0.2) is 0 Å². The minimum atomic E-state index is 0.333. The molecule has 2 heteroatoms. The van der Waals surface area contributed by atoms with Gasteiger partial charge in [0, 0.05) is 18.1 Å². The van der Waals surface area contributed by atoms with Crippen molar-refractivity contribution in [2.24, 2.45) is 11.3 Å². The topological polar surface area (TPSA) is 21.3 Å². The van der Waals surface area contributed by atoms with Gasteiger partial charge in [-0.3, -0.25) is 0 Å². The van der Waals surface area contributed by atoms with E-state index < -0.39 is 0 Å². The van der Waals surface area contributed by atoms with E-state index in [0.29, 0.717) is 17.6 Å². The van der Waals surface area contributed by atoms with Gasteiger partial charge in [-0.05, 0) is 32.2 Å². The smallest absolute Gasteiger partial charge is 0.0655 e. The van der Waals surface area contributed by atoms with E-state index in [1.54, 1.807) is 0 Å². The molecule has 88 valence electrons. The number of rotatable bonds is 6. The first-order valence-corrected chi connectivity index (χ1v) is 6.49. The Labute approximate surface area is 93.8 Å². The van der Waals surface area contributed by atoms with Gasteiger partial charge in [0.1, 0.15) is 0 Å². The van der Waals surface area contributed by atoms with Crippen LogP contribution in [0.1, 0.15) is 46.5 Å². The van der Waals surface area contributed by atoms with Crippen molar-refractivity contribution < 1.29 is 4.74 Å². The second kappa shape index (κ2) is 4.42. The van der Waals surface area contributed by atoms with Gasteiger partial charge in [-0.1, -0.05) is 26.7 Å². The zero-order valence-electron chi connectivity index (χ0n) is 10.4. The highest BCUT2D eigenvalue weighted by molar-refractivity contribution is 5.02. The molecule has 0 spiro atoms. The second-order valence-electron chi connectivity index (χ2n) is 5.74. The fraction of sp³-hybridized carbons (Fsp3) is 1.00. The molecule has 2 unspecified atom stereocenters. The minimum absolute atomic E-state index is 0.333. The van der Waals surface area contributed by atoms with Crippen molar-refractivity contribution in [2.45, 2.75) is 58.6 Å². The van der Waals surface area contributed by atoms with Crippen LogP contribution < -0.4 is 5.32 Å². The Morgan fingerprint density at radius 1 is 1.33 bits per heavy atom. The van der Waals surface area contributed by atoms with Gasteiger partial charge >= 0.3 is 0 Å². The van der Waals surface area contributed by atoms with Gasteiger partial charge in [0.05, 0.1) is 6.10 Å². The highest BCUT2D eigenvalue weighted by Gasteiger charge is 2.48. The van der Waals surface area contributed by atoms with Crippen molar-refractivity contribution in [3.63, 3.8) is 0 Å². The lowest BCUT2D eigenvalue weighted by Gasteiger charge is -2.52. The number of nitrogens with one attached hydrogen (secondary N) is 1. The van der Waals surface area contributed by atoms with Crippen molar-refractivity contribution >= 4 is 0 Å². The first-order valence-electron chi connectivity index (χ1n) is 6.49. The quantitative estimate of drug-likeness (QED) is 0.729. The van der Waals surface area contributed by atoms with Gasteiger partial charge in [-0.2, -0.15) is 0 Å². The third-order valence-corrected chi connectivity index (χ3v) is 4.19. The molecule has 0 saturated heterocycles. The van der Waals surface area contributed by atoms with Crippen LogP contribution in [-0.2, 0) is 4.74 Å². The Balaban J connectivity index is 1.66. The number of hydrogen-bond donors (Lipinski definition) is 1. The van der Waals surface area contributed by atoms with Gasteiger partial charge in [-0.25, -0.2) is 0 Å². The van der Waals surface area contributed by atoms with Crippen LogP contribution in [0.2, 0.25) is 0 Å². The van der Waals surface area contributed by atoms with Gasteiger partial charge in [-0.15, -0.1) is 0 Å². The van der Waals surface area contributed by atoms with E-state index >= 15 is 0 Å². The van der Waals surface area contributed by atoms with Crippen LogP contribution in [0.25, 0.3) is 0 Å². The molecule has 2 atom stereocenters. The van der Waals surface area contributed by atoms with Gasteiger partial charge in [0.15, 0.2) is 0 Å². The average Bonchev–Trinajstić information content (AvgIpc) is 2.99. The summed E-state index contributed by atoms with van der Waals surface area (Å²) >= 11 is 0. The summed E-state index contributed by atoms with van der Waals surface area (Å²) in [5.74, 6) is 1.04. The summed E-state index contributed by atoms with van der Waals surface area (Å²) in [4.78, 5) is 0. The van der Waals surface area contributed by atoms with E-state index in [1.807, 2.05) is 0 Å². The number of hydrogen-bond acceptors (Lipinski definition) is 2. The number of ether oxygens (including phenoxy) is 1. The zero-order valence-corrected chi connectivity index (χ0v) is 10.4. The summed E-state index contributed by atoms with van der Waals surface area (Å²) in [5.41, 5.74) is 0.333. The first-order chi connectivity index (χ1) is 7.14. The SMILES string of the molecule is CCOC1CC(NCCC2CC2)C1(C)C. The molecule has 0 aromatic heterocycles. The standard InChI is InChI=1S/C13H25NO/c1-4-15-12-9-11(13(12,2)3)14-8-7-10-5-6-10/h10-12,14H,4-9H2,1-3H3. The fourth-order valence-electron chi connectivity index (χ4n) is 2.58. The zero-order chi connectivity index (χ0) is 10.9. The van der Waals surface area contributed by atoms with Crippen LogP contribution in [0.4, 0.5) is 0 Å². The molecule has 2 saturated carbocycles. The summed E-state index contributed by atoms with van der Waals surface area (Å²) in [6.07, 6.45) is 5.99. The largest absolute Gasteiger partial charge is 0.378 e. The second-order valence-corrected chi connectivity index (χ2v) is 5.74.